The maximum absolute atomic E-state index is 11.4. The van der Waals surface area contributed by atoms with Gasteiger partial charge in [0.25, 0.3) is 0 Å². The average molecular weight is 169 g/mol. The minimum Gasteiger partial charge on any atom is -0.349 e. The van der Waals surface area contributed by atoms with E-state index in [2.05, 4.69) is 0 Å². The van der Waals surface area contributed by atoms with Crippen molar-refractivity contribution in [3.05, 3.63) is 0 Å². The maximum atomic E-state index is 11.4. The molecule has 0 unspecified atom stereocenters. The summed E-state index contributed by atoms with van der Waals surface area (Å²) in [4.78, 5) is 24.0. The lowest BCUT2D eigenvalue weighted by molar-refractivity contribution is -0.144. The second-order valence-electron chi connectivity index (χ2n) is 3.63. The van der Waals surface area contributed by atoms with Crippen LogP contribution in [0.1, 0.15) is 19.8 Å². The molecule has 0 radical (unpaired) electrons. The molecule has 0 saturated heterocycles. The van der Waals surface area contributed by atoms with Crippen molar-refractivity contribution in [2.24, 2.45) is 11.8 Å². The van der Waals surface area contributed by atoms with Gasteiger partial charge in [-0.15, -0.1) is 0 Å². The van der Waals surface area contributed by atoms with Gasteiger partial charge in [-0.3, -0.25) is 9.59 Å². The zero-order chi connectivity index (χ0) is 9.30. The molecule has 0 spiro atoms. The molecule has 1 saturated carbocycles. The Morgan fingerprint density at radius 2 is 1.67 bits per heavy atom. The van der Waals surface area contributed by atoms with Crippen LogP contribution in [0, 0.1) is 11.8 Å². The van der Waals surface area contributed by atoms with Gasteiger partial charge in [-0.25, -0.2) is 0 Å². The van der Waals surface area contributed by atoms with E-state index in [0.717, 1.165) is 12.8 Å². The van der Waals surface area contributed by atoms with Gasteiger partial charge >= 0.3 is 0 Å². The lowest BCUT2D eigenvalue weighted by atomic mass is 9.71. The first-order chi connectivity index (χ1) is 5.54. The molecule has 0 aromatic heterocycles. The molecule has 0 heterocycles. The zero-order valence-corrected chi connectivity index (χ0v) is 7.83. The number of Topliss-reactive ketones (excluding diaryl/α,β-unsaturated/α-hetero) is 1. The van der Waals surface area contributed by atoms with Crippen LogP contribution in [0.15, 0.2) is 0 Å². The summed E-state index contributed by atoms with van der Waals surface area (Å²) in [6, 6.07) is 0. The van der Waals surface area contributed by atoms with Crippen LogP contribution in [-0.2, 0) is 9.59 Å². The van der Waals surface area contributed by atoms with Gasteiger partial charge in [0.2, 0.25) is 5.91 Å². The zero-order valence-electron chi connectivity index (χ0n) is 7.83. The fourth-order valence-corrected chi connectivity index (χ4v) is 1.61. The third kappa shape index (κ3) is 1.49. The van der Waals surface area contributed by atoms with Crippen molar-refractivity contribution >= 4 is 11.7 Å². The minimum atomic E-state index is -0.0301. The van der Waals surface area contributed by atoms with Crippen molar-refractivity contribution in [1.29, 1.82) is 0 Å². The summed E-state index contributed by atoms with van der Waals surface area (Å²) in [5.74, 6) is 0.223. The molecule has 1 aliphatic carbocycles. The molecular weight excluding hydrogens is 154 g/mol. The smallest absolute Gasteiger partial charge is 0.225 e. The fourth-order valence-electron chi connectivity index (χ4n) is 1.61. The number of hydrogen-bond acceptors (Lipinski definition) is 2. The van der Waals surface area contributed by atoms with Crippen molar-refractivity contribution in [2.75, 3.05) is 14.1 Å². The molecule has 1 fully saturated rings. The van der Waals surface area contributed by atoms with Gasteiger partial charge in [0, 0.05) is 25.9 Å². The number of carbonyl (C=O) groups excluding carboxylic acids is 2. The first-order valence-electron chi connectivity index (χ1n) is 4.25. The minimum absolute atomic E-state index is 0.0000926. The molecule has 3 nitrogen and oxygen atoms in total. The maximum Gasteiger partial charge on any atom is 0.225 e. The first kappa shape index (κ1) is 9.23. The van der Waals surface area contributed by atoms with E-state index in [-0.39, 0.29) is 23.5 Å². The van der Waals surface area contributed by atoms with Gasteiger partial charge in [0.05, 0.1) is 0 Å². The fraction of sp³-hybridized carbons (Fsp3) is 0.778. The molecule has 0 aromatic carbocycles. The van der Waals surface area contributed by atoms with Crippen LogP contribution in [-0.4, -0.2) is 30.7 Å². The van der Waals surface area contributed by atoms with E-state index in [1.807, 2.05) is 0 Å². The molecule has 0 bridgehead atoms. The van der Waals surface area contributed by atoms with Gasteiger partial charge in [-0.1, -0.05) is 0 Å². The highest BCUT2D eigenvalue weighted by atomic mass is 16.2. The Bertz CT molecular complexity index is 211. The van der Waals surface area contributed by atoms with Gasteiger partial charge in [-0.05, 0) is 19.8 Å². The van der Waals surface area contributed by atoms with E-state index in [4.69, 9.17) is 0 Å². The van der Waals surface area contributed by atoms with Gasteiger partial charge in [0.15, 0.2) is 0 Å². The molecule has 12 heavy (non-hydrogen) atoms. The number of ketones is 1. The normalized spacial score (nSPS) is 27.6. The van der Waals surface area contributed by atoms with Crippen LogP contribution in [0.2, 0.25) is 0 Å². The molecule has 1 aliphatic rings. The predicted molar refractivity (Wildman–Crippen MR) is 45.6 cm³/mol. The van der Waals surface area contributed by atoms with Crippen molar-refractivity contribution < 1.29 is 9.59 Å². The van der Waals surface area contributed by atoms with Gasteiger partial charge in [0.1, 0.15) is 5.78 Å². The Balaban J connectivity index is 2.55. The second kappa shape index (κ2) is 3.25. The standard InChI is InChI=1S/C9H15NO2/c1-6(11)7-4-5-8(7)9(12)10(2)3/h7-8H,4-5H2,1-3H3/t7-,8+/m0/s1. The third-order valence-electron chi connectivity index (χ3n) is 2.55. The van der Waals surface area contributed by atoms with E-state index >= 15 is 0 Å². The van der Waals surface area contributed by atoms with E-state index < -0.39 is 0 Å². The summed E-state index contributed by atoms with van der Waals surface area (Å²) < 4.78 is 0. The van der Waals surface area contributed by atoms with Crippen molar-refractivity contribution in [3.8, 4) is 0 Å². The Morgan fingerprint density at radius 1 is 1.17 bits per heavy atom. The highest BCUT2D eigenvalue weighted by Crippen LogP contribution is 2.35. The molecule has 1 amide bonds. The van der Waals surface area contributed by atoms with Crippen LogP contribution < -0.4 is 0 Å². The Labute approximate surface area is 72.7 Å². The summed E-state index contributed by atoms with van der Waals surface area (Å²) in [5, 5.41) is 0. The number of nitrogens with zero attached hydrogens (tertiary/aromatic N) is 1. The summed E-state index contributed by atoms with van der Waals surface area (Å²) in [7, 11) is 3.47. The molecule has 2 atom stereocenters. The quantitative estimate of drug-likeness (QED) is 0.610. The van der Waals surface area contributed by atoms with Gasteiger partial charge < -0.3 is 4.90 Å². The average Bonchev–Trinajstić information content (AvgIpc) is 1.82. The Hall–Kier alpha value is -0.860. The largest absolute Gasteiger partial charge is 0.349 e. The summed E-state index contributed by atoms with van der Waals surface area (Å²) >= 11 is 0. The third-order valence-corrected chi connectivity index (χ3v) is 2.55. The van der Waals surface area contributed by atoms with Crippen LogP contribution in [0.5, 0.6) is 0 Å². The predicted octanol–water partition coefficient (Wildman–Crippen LogP) is 0.690. The summed E-state index contributed by atoms with van der Waals surface area (Å²) in [6.45, 7) is 1.57. The number of hydrogen-bond donors (Lipinski definition) is 0. The van der Waals surface area contributed by atoms with E-state index in [0.29, 0.717) is 0 Å². The van der Waals surface area contributed by atoms with Crippen molar-refractivity contribution in [2.45, 2.75) is 19.8 Å². The molecule has 0 aromatic rings. The van der Waals surface area contributed by atoms with Crippen molar-refractivity contribution in [1.82, 2.24) is 4.90 Å². The molecule has 3 heteroatoms. The summed E-state index contributed by atoms with van der Waals surface area (Å²) in [5.41, 5.74) is 0. The molecular formula is C9H15NO2. The number of rotatable bonds is 2. The van der Waals surface area contributed by atoms with Crippen LogP contribution in [0.25, 0.3) is 0 Å². The molecule has 68 valence electrons. The molecule has 1 rings (SSSR count). The lowest BCUT2D eigenvalue weighted by Gasteiger charge is -2.35. The van der Waals surface area contributed by atoms with E-state index in [9.17, 15) is 9.59 Å². The second-order valence-corrected chi connectivity index (χ2v) is 3.63. The lowest BCUT2D eigenvalue weighted by Crippen LogP contribution is -2.42. The summed E-state index contributed by atoms with van der Waals surface area (Å²) in [6.07, 6.45) is 1.76. The molecule has 0 N–H and O–H groups in total. The first-order valence-corrected chi connectivity index (χ1v) is 4.25. The molecule has 0 aliphatic heterocycles. The van der Waals surface area contributed by atoms with E-state index in [1.165, 1.54) is 0 Å². The topological polar surface area (TPSA) is 37.4 Å². The number of amides is 1. The van der Waals surface area contributed by atoms with Crippen LogP contribution >= 0.6 is 0 Å². The Morgan fingerprint density at radius 3 is 1.92 bits per heavy atom. The van der Waals surface area contributed by atoms with Crippen LogP contribution in [0.4, 0.5) is 0 Å². The van der Waals surface area contributed by atoms with Gasteiger partial charge in [-0.2, -0.15) is 0 Å². The van der Waals surface area contributed by atoms with E-state index in [1.54, 1.807) is 25.9 Å². The van der Waals surface area contributed by atoms with Crippen molar-refractivity contribution in [3.63, 3.8) is 0 Å². The Kier molecular flexibility index (Phi) is 2.50. The highest BCUT2D eigenvalue weighted by Gasteiger charge is 2.39. The van der Waals surface area contributed by atoms with Crippen LogP contribution in [0.3, 0.4) is 0 Å². The monoisotopic (exact) mass is 169 g/mol. The highest BCUT2D eigenvalue weighted by molar-refractivity contribution is 5.88. The number of carbonyl (C=O) groups is 2. The SMILES string of the molecule is CC(=O)[C@@H]1CC[C@H]1C(=O)N(C)C.